The summed E-state index contributed by atoms with van der Waals surface area (Å²) in [6.45, 7) is 2.38. The molecule has 0 aliphatic carbocycles. The number of imidazole rings is 1. The van der Waals surface area contributed by atoms with E-state index >= 15 is 0 Å². The predicted molar refractivity (Wildman–Crippen MR) is 71.7 cm³/mol. The highest BCUT2D eigenvalue weighted by Gasteiger charge is 2.12. The van der Waals surface area contributed by atoms with Gasteiger partial charge >= 0.3 is 0 Å². The molecule has 1 aromatic carbocycles. The van der Waals surface area contributed by atoms with Gasteiger partial charge in [0.2, 0.25) is 0 Å². The van der Waals surface area contributed by atoms with Crippen molar-refractivity contribution in [2.75, 3.05) is 6.61 Å². The summed E-state index contributed by atoms with van der Waals surface area (Å²) >= 11 is 0. The maximum Gasteiger partial charge on any atom is 0.180 e. The van der Waals surface area contributed by atoms with Gasteiger partial charge in [-0.15, -0.1) is 0 Å². The van der Waals surface area contributed by atoms with Crippen molar-refractivity contribution >= 4 is 5.65 Å². The summed E-state index contributed by atoms with van der Waals surface area (Å²) in [4.78, 5) is 4.33. The summed E-state index contributed by atoms with van der Waals surface area (Å²) in [6, 6.07) is 6.92. The van der Waals surface area contributed by atoms with E-state index in [0.29, 0.717) is 23.7 Å². The molecule has 0 radical (unpaired) electrons. The third-order valence-corrected chi connectivity index (χ3v) is 2.95. The largest absolute Gasteiger partial charge is 0.490 e. The molecular weight excluding hydrogens is 262 g/mol. The zero-order chi connectivity index (χ0) is 14.1. The van der Waals surface area contributed by atoms with E-state index in [1.165, 1.54) is 0 Å². The van der Waals surface area contributed by atoms with Crippen molar-refractivity contribution in [1.29, 1.82) is 0 Å². The van der Waals surface area contributed by atoms with Crippen LogP contribution in [0, 0.1) is 11.6 Å². The molecule has 3 aromatic rings. The van der Waals surface area contributed by atoms with E-state index in [9.17, 15) is 8.78 Å². The summed E-state index contributed by atoms with van der Waals surface area (Å²) in [6.07, 6.45) is 3.43. The Hall–Kier alpha value is -2.43. The monoisotopic (exact) mass is 274 g/mol. The first kappa shape index (κ1) is 12.6. The fraction of sp³-hybridized carbons (Fsp3) is 0.133. The van der Waals surface area contributed by atoms with Crippen LogP contribution in [0.1, 0.15) is 6.92 Å². The molecule has 0 saturated carbocycles. The van der Waals surface area contributed by atoms with Crippen molar-refractivity contribution in [3.8, 4) is 17.0 Å². The van der Waals surface area contributed by atoms with Crippen molar-refractivity contribution < 1.29 is 13.5 Å². The van der Waals surface area contributed by atoms with E-state index < -0.39 is 11.6 Å². The Kier molecular flexibility index (Phi) is 3.10. The Bertz CT molecular complexity index is 768. The second kappa shape index (κ2) is 4.92. The van der Waals surface area contributed by atoms with Gasteiger partial charge in [0.05, 0.1) is 12.3 Å². The number of benzene rings is 1. The zero-order valence-corrected chi connectivity index (χ0v) is 10.8. The number of fused-ring (bicyclic) bond motifs is 1. The van der Waals surface area contributed by atoms with E-state index in [1.54, 1.807) is 22.9 Å². The van der Waals surface area contributed by atoms with Gasteiger partial charge in [0.25, 0.3) is 0 Å². The van der Waals surface area contributed by atoms with Gasteiger partial charge in [-0.05, 0) is 37.3 Å². The molecule has 2 aromatic heterocycles. The van der Waals surface area contributed by atoms with Crippen LogP contribution in [0.15, 0.2) is 42.7 Å². The van der Waals surface area contributed by atoms with Crippen LogP contribution in [0.3, 0.4) is 0 Å². The first-order chi connectivity index (χ1) is 9.69. The van der Waals surface area contributed by atoms with Crippen molar-refractivity contribution in [3.63, 3.8) is 0 Å². The number of halogens is 2. The van der Waals surface area contributed by atoms with Gasteiger partial charge < -0.3 is 9.14 Å². The Labute approximate surface area is 114 Å². The summed E-state index contributed by atoms with van der Waals surface area (Å²) in [7, 11) is 0. The third-order valence-electron chi connectivity index (χ3n) is 2.95. The molecule has 0 unspecified atom stereocenters. The average Bonchev–Trinajstić information content (AvgIpc) is 2.87. The number of hydrogen-bond donors (Lipinski definition) is 0. The second-order valence-electron chi connectivity index (χ2n) is 4.29. The van der Waals surface area contributed by atoms with E-state index in [-0.39, 0.29) is 5.56 Å². The fourth-order valence-electron chi connectivity index (χ4n) is 2.08. The van der Waals surface area contributed by atoms with E-state index in [4.69, 9.17) is 4.74 Å². The van der Waals surface area contributed by atoms with Gasteiger partial charge in [0.15, 0.2) is 11.4 Å². The smallest absolute Gasteiger partial charge is 0.180 e. The molecule has 102 valence electrons. The highest BCUT2D eigenvalue weighted by atomic mass is 19.1. The highest BCUT2D eigenvalue weighted by molar-refractivity contribution is 5.66. The minimum absolute atomic E-state index is 0.135. The van der Waals surface area contributed by atoms with Crippen LogP contribution in [0.25, 0.3) is 16.9 Å². The lowest BCUT2D eigenvalue weighted by Crippen LogP contribution is -1.94. The molecule has 0 saturated heterocycles. The van der Waals surface area contributed by atoms with Crippen LogP contribution >= 0.6 is 0 Å². The minimum atomic E-state index is -0.507. The molecule has 0 amide bonds. The minimum Gasteiger partial charge on any atom is -0.490 e. The normalized spacial score (nSPS) is 10.9. The molecule has 0 bridgehead atoms. The molecule has 3 rings (SSSR count). The van der Waals surface area contributed by atoms with E-state index in [1.807, 2.05) is 13.0 Å². The van der Waals surface area contributed by atoms with E-state index in [0.717, 1.165) is 18.2 Å². The number of pyridine rings is 1. The number of rotatable bonds is 3. The van der Waals surface area contributed by atoms with Crippen LogP contribution in [0.4, 0.5) is 8.78 Å². The van der Waals surface area contributed by atoms with Crippen LogP contribution in [-0.4, -0.2) is 16.0 Å². The van der Waals surface area contributed by atoms with Crippen molar-refractivity contribution in [3.05, 3.63) is 54.4 Å². The predicted octanol–water partition coefficient (Wildman–Crippen LogP) is 3.68. The fourth-order valence-corrected chi connectivity index (χ4v) is 2.08. The Morgan fingerprint density at radius 2 is 2.10 bits per heavy atom. The lowest BCUT2D eigenvalue weighted by Gasteiger charge is -2.03. The average molecular weight is 274 g/mol. The maximum atomic E-state index is 13.8. The van der Waals surface area contributed by atoms with Crippen molar-refractivity contribution in [2.45, 2.75) is 6.92 Å². The molecule has 0 aliphatic rings. The van der Waals surface area contributed by atoms with Crippen LogP contribution < -0.4 is 4.74 Å². The maximum absolute atomic E-state index is 13.8. The lowest BCUT2D eigenvalue weighted by molar-refractivity contribution is 0.342. The lowest BCUT2D eigenvalue weighted by atomic mass is 10.1. The van der Waals surface area contributed by atoms with Crippen LogP contribution in [0.2, 0.25) is 0 Å². The first-order valence-corrected chi connectivity index (χ1v) is 6.25. The summed E-state index contributed by atoms with van der Waals surface area (Å²) < 4.78 is 34.2. The van der Waals surface area contributed by atoms with Crippen LogP contribution in [-0.2, 0) is 0 Å². The van der Waals surface area contributed by atoms with Gasteiger partial charge in [0.1, 0.15) is 11.6 Å². The zero-order valence-electron chi connectivity index (χ0n) is 10.8. The van der Waals surface area contributed by atoms with Gasteiger partial charge in [-0.2, -0.15) is 0 Å². The molecule has 0 aliphatic heterocycles. The second-order valence-corrected chi connectivity index (χ2v) is 4.29. The van der Waals surface area contributed by atoms with Crippen LogP contribution in [0.5, 0.6) is 5.75 Å². The number of hydrogen-bond acceptors (Lipinski definition) is 2. The Balaban J connectivity index is 2.18. The standard InChI is InChI=1S/C15H12F2N2O/c1-2-20-14-4-3-7-19-9-13(18-15(14)19)11-8-10(16)5-6-12(11)17/h3-9H,2H2,1H3. The SMILES string of the molecule is CCOc1cccn2cc(-c3cc(F)ccc3F)nc12. The molecule has 0 N–H and O–H groups in total. The Morgan fingerprint density at radius 1 is 1.25 bits per heavy atom. The molecular formula is C15H12F2N2O. The molecule has 20 heavy (non-hydrogen) atoms. The van der Waals surface area contributed by atoms with Crippen molar-refractivity contribution in [1.82, 2.24) is 9.38 Å². The number of nitrogens with zero attached hydrogens (tertiary/aromatic N) is 2. The molecule has 0 fully saturated rings. The first-order valence-electron chi connectivity index (χ1n) is 6.25. The summed E-state index contributed by atoms with van der Waals surface area (Å²) in [5.41, 5.74) is 1.08. The van der Waals surface area contributed by atoms with E-state index in [2.05, 4.69) is 4.98 Å². The van der Waals surface area contributed by atoms with Crippen molar-refractivity contribution in [2.24, 2.45) is 0 Å². The topological polar surface area (TPSA) is 26.5 Å². The Morgan fingerprint density at radius 3 is 2.90 bits per heavy atom. The van der Waals surface area contributed by atoms with Gasteiger partial charge in [-0.25, -0.2) is 13.8 Å². The highest BCUT2D eigenvalue weighted by Crippen LogP contribution is 2.26. The summed E-state index contributed by atoms with van der Waals surface area (Å²) in [5, 5.41) is 0. The third kappa shape index (κ3) is 2.11. The molecule has 0 atom stereocenters. The van der Waals surface area contributed by atoms with Gasteiger partial charge in [-0.3, -0.25) is 0 Å². The number of aromatic nitrogens is 2. The molecule has 2 heterocycles. The molecule has 0 spiro atoms. The molecule has 5 heteroatoms. The van der Waals surface area contributed by atoms with Gasteiger partial charge in [-0.1, -0.05) is 0 Å². The van der Waals surface area contributed by atoms with Gasteiger partial charge in [0, 0.05) is 18.0 Å². The quantitative estimate of drug-likeness (QED) is 0.728. The summed E-state index contributed by atoms with van der Waals surface area (Å²) in [5.74, 6) is -0.394. The molecule has 3 nitrogen and oxygen atoms in total. The number of ether oxygens (including phenoxy) is 1.